The summed E-state index contributed by atoms with van der Waals surface area (Å²) in [7, 11) is 0. The Labute approximate surface area is 148 Å². The molecular weight excluding hydrogens is 320 g/mol. The molecule has 1 saturated heterocycles. The van der Waals surface area contributed by atoms with Crippen LogP contribution < -0.4 is 4.90 Å². The van der Waals surface area contributed by atoms with Gasteiger partial charge in [0.05, 0.1) is 0 Å². The van der Waals surface area contributed by atoms with Gasteiger partial charge >= 0.3 is 0 Å². The number of nitrogens with zero attached hydrogens (tertiary/aromatic N) is 2. The third-order valence-corrected chi connectivity index (χ3v) is 4.50. The molecule has 0 spiro atoms. The predicted octanol–water partition coefficient (Wildman–Crippen LogP) is 4.09. The lowest BCUT2D eigenvalue weighted by atomic mass is 10.1. The summed E-state index contributed by atoms with van der Waals surface area (Å²) in [4.78, 5) is 16.8. The first-order valence-electron chi connectivity index (χ1n) is 8.16. The number of amides is 1. The van der Waals surface area contributed by atoms with Gasteiger partial charge in [-0.2, -0.15) is 0 Å². The lowest BCUT2D eigenvalue weighted by Gasteiger charge is -2.36. The van der Waals surface area contributed by atoms with E-state index in [1.54, 1.807) is 0 Å². The van der Waals surface area contributed by atoms with E-state index in [1.807, 2.05) is 66.4 Å². The van der Waals surface area contributed by atoms with Crippen molar-refractivity contribution in [3.05, 3.63) is 70.8 Å². The Kier molecular flexibility index (Phi) is 5.21. The average Bonchev–Trinajstić information content (AvgIpc) is 2.62. The first-order chi connectivity index (χ1) is 11.6. The van der Waals surface area contributed by atoms with E-state index in [0.29, 0.717) is 0 Å². The van der Waals surface area contributed by atoms with Crippen LogP contribution in [0, 0.1) is 0 Å². The van der Waals surface area contributed by atoms with Crippen molar-refractivity contribution in [2.75, 3.05) is 31.1 Å². The van der Waals surface area contributed by atoms with Crippen LogP contribution in [0.4, 0.5) is 5.69 Å². The van der Waals surface area contributed by atoms with Gasteiger partial charge in [0.1, 0.15) is 0 Å². The molecule has 0 aromatic heterocycles. The predicted molar refractivity (Wildman–Crippen MR) is 100 cm³/mol. The van der Waals surface area contributed by atoms with Crippen LogP contribution in [0.25, 0.3) is 6.08 Å². The van der Waals surface area contributed by atoms with E-state index in [9.17, 15) is 4.79 Å². The van der Waals surface area contributed by atoms with Gasteiger partial charge in [-0.15, -0.1) is 0 Å². The molecule has 124 valence electrons. The minimum atomic E-state index is 0.115. The smallest absolute Gasteiger partial charge is 0.249 e. The summed E-state index contributed by atoms with van der Waals surface area (Å²) < 4.78 is 0. The van der Waals surface area contributed by atoms with Gasteiger partial charge < -0.3 is 9.80 Å². The topological polar surface area (TPSA) is 23.6 Å². The molecule has 0 unspecified atom stereocenters. The lowest BCUT2D eigenvalue weighted by molar-refractivity contribution is -0.127. The highest BCUT2D eigenvalue weighted by molar-refractivity contribution is 6.30. The summed E-state index contributed by atoms with van der Waals surface area (Å²) in [5.41, 5.74) is 2.95. The van der Waals surface area contributed by atoms with Crippen LogP contribution in [0.5, 0.6) is 0 Å². The fraction of sp³-hybridized carbons (Fsp3) is 0.250. The Morgan fingerprint density at radius 2 is 1.71 bits per heavy atom. The van der Waals surface area contributed by atoms with Crippen LogP contribution in [-0.4, -0.2) is 37.0 Å². The van der Waals surface area contributed by atoms with E-state index in [0.717, 1.165) is 48.0 Å². The molecule has 1 aliphatic rings. The summed E-state index contributed by atoms with van der Waals surface area (Å²) in [6.45, 7) is 4.99. The SMILES string of the molecule is CC(=Cc1ccccc1)C(=O)N1CCN(c2cccc(Cl)c2)CC1. The molecule has 2 aromatic carbocycles. The maximum atomic E-state index is 12.6. The molecule has 0 saturated carbocycles. The number of carbonyl (C=O) groups is 1. The Balaban J connectivity index is 1.62. The first kappa shape index (κ1) is 16.6. The molecule has 0 N–H and O–H groups in total. The van der Waals surface area contributed by atoms with Crippen LogP contribution >= 0.6 is 11.6 Å². The molecule has 24 heavy (non-hydrogen) atoms. The van der Waals surface area contributed by atoms with E-state index >= 15 is 0 Å². The standard InChI is InChI=1S/C20H21ClN2O/c1-16(14-17-6-3-2-4-7-17)20(24)23-12-10-22(11-13-23)19-9-5-8-18(21)15-19/h2-9,14-15H,10-13H2,1H3. The zero-order chi connectivity index (χ0) is 16.9. The lowest BCUT2D eigenvalue weighted by Crippen LogP contribution is -2.49. The zero-order valence-corrected chi connectivity index (χ0v) is 14.5. The molecule has 4 heteroatoms. The van der Waals surface area contributed by atoms with Gasteiger partial charge in [0.15, 0.2) is 0 Å². The van der Waals surface area contributed by atoms with E-state index in [1.165, 1.54) is 0 Å². The van der Waals surface area contributed by atoms with Gasteiger partial charge in [0.2, 0.25) is 5.91 Å². The Bertz CT molecular complexity index is 734. The van der Waals surface area contributed by atoms with Crippen molar-refractivity contribution in [1.82, 2.24) is 4.90 Å². The molecule has 3 rings (SSSR count). The van der Waals surface area contributed by atoms with Crippen molar-refractivity contribution in [3.8, 4) is 0 Å². The second kappa shape index (κ2) is 7.54. The Morgan fingerprint density at radius 1 is 1.00 bits per heavy atom. The number of benzene rings is 2. The summed E-state index contributed by atoms with van der Waals surface area (Å²) >= 11 is 6.06. The third-order valence-electron chi connectivity index (χ3n) is 4.26. The number of carbonyl (C=O) groups excluding carboxylic acids is 1. The quantitative estimate of drug-likeness (QED) is 0.786. The minimum Gasteiger partial charge on any atom is -0.368 e. The molecule has 1 aliphatic heterocycles. The van der Waals surface area contributed by atoms with Gasteiger partial charge in [-0.25, -0.2) is 0 Å². The van der Waals surface area contributed by atoms with Gasteiger partial charge in [-0.05, 0) is 36.8 Å². The second-order valence-electron chi connectivity index (χ2n) is 6.00. The maximum absolute atomic E-state index is 12.6. The number of anilines is 1. The van der Waals surface area contributed by atoms with Crippen molar-refractivity contribution < 1.29 is 4.79 Å². The molecule has 1 heterocycles. The van der Waals surface area contributed by atoms with Gasteiger partial charge in [0.25, 0.3) is 0 Å². The minimum absolute atomic E-state index is 0.115. The van der Waals surface area contributed by atoms with Crippen LogP contribution in [0.3, 0.4) is 0 Å². The van der Waals surface area contributed by atoms with Crippen LogP contribution in [-0.2, 0) is 4.79 Å². The molecule has 0 atom stereocenters. The van der Waals surface area contributed by atoms with E-state index in [4.69, 9.17) is 11.6 Å². The fourth-order valence-electron chi connectivity index (χ4n) is 2.95. The van der Waals surface area contributed by atoms with Gasteiger partial charge in [0, 0.05) is 42.5 Å². The molecular formula is C20H21ClN2O. The molecule has 1 fully saturated rings. The summed E-state index contributed by atoms with van der Waals surface area (Å²) in [5, 5.41) is 0.743. The van der Waals surface area contributed by atoms with Crippen molar-refractivity contribution >= 4 is 29.3 Å². The van der Waals surface area contributed by atoms with Crippen LogP contribution in [0.1, 0.15) is 12.5 Å². The highest BCUT2D eigenvalue weighted by atomic mass is 35.5. The number of halogens is 1. The van der Waals surface area contributed by atoms with Gasteiger partial charge in [-0.1, -0.05) is 48.0 Å². The van der Waals surface area contributed by atoms with Crippen molar-refractivity contribution in [2.45, 2.75) is 6.92 Å². The largest absolute Gasteiger partial charge is 0.368 e. The molecule has 2 aromatic rings. The summed E-state index contributed by atoms with van der Waals surface area (Å²) in [5.74, 6) is 0.115. The number of hydrogen-bond donors (Lipinski definition) is 0. The number of piperazine rings is 1. The van der Waals surface area contributed by atoms with Crippen LogP contribution in [0.15, 0.2) is 60.2 Å². The highest BCUT2D eigenvalue weighted by Crippen LogP contribution is 2.21. The van der Waals surface area contributed by atoms with Crippen molar-refractivity contribution in [2.24, 2.45) is 0 Å². The second-order valence-corrected chi connectivity index (χ2v) is 6.43. The normalized spacial score (nSPS) is 15.5. The highest BCUT2D eigenvalue weighted by Gasteiger charge is 2.22. The van der Waals surface area contributed by atoms with Crippen molar-refractivity contribution in [1.29, 1.82) is 0 Å². The maximum Gasteiger partial charge on any atom is 0.249 e. The average molecular weight is 341 g/mol. The fourth-order valence-corrected chi connectivity index (χ4v) is 3.14. The third kappa shape index (κ3) is 3.98. The molecule has 3 nitrogen and oxygen atoms in total. The molecule has 1 amide bonds. The molecule has 0 bridgehead atoms. The number of rotatable bonds is 3. The van der Waals surface area contributed by atoms with E-state index < -0.39 is 0 Å². The molecule has 0 radical (unpaired) electrons. The van der Waals surface area contributed by atoms with Crippen LogP contribution in [0.2, 0.25) is 5.02 Å². The Morgan fingerprint density at radius 3 is 2.38 bits per heavy atom. The van der Waals surface area contributed by atoms with E-state index in [-0.39, 0.29) is 5.91 Å². The summed E-state index contributed by atoms with van der Waals surface area (Å²) in [6, 6.07) is 17.8. The van der Waals surface area contributed by atoms with Gasteiger partial charge in [-0.3, -0.25) is 4.79 Å². The van der Waals surface area contributed by atoms with E-state index in [2.05, 4.69) is 11.0 Å². The monoisotopic (exact) mass is 340 g/mol. The Hall–Kier alpha value is -2.26. The van der Waals surface area contributed by atoms with Crippen molar-refractivity contribution in [3.63, 3.8) is 0 Å². The number of hydrogen-bond acceptors (Lipinski definition) is 2. The zero-order valence-electron chi connectivity index (χ0n) is 13.8. The molecule has 0 aliphatic carbocycles. The summed E-state index contributed by atoms with van der Waals surface area (Å²) in [6.07, 6.45) is 1.95. The first-order valence-corrected chi connectivity index (χ1v) is 8.54.